The SMILES string of the molecule is CC(C)C1CNC(C)(C)CN1Cc1ccn(C(C)C)n1. The Morgan fingerprint density at radius 1 is 1.35 bits per heavy atom. The average molecular weight is 278 g/mol. The molecule has 0 saturated carbocycles. The third-order valence-corrected chi connectivity index (χ3v) is 4.18. The van der Waals surface area contributed by atoms with Gasteiger partial charge in [-0.2, -0.15) is 5.10 Å². The number of piperazine rings is 1. The van der Waals surface area contributed by atoms with Gasteiger partial charge in [-0.1, -0.05) is 13.8 Å². The lowest BCUT2D eigenvalue weighted by molar-refractivity contribution is 0.0615. The van der Waals surface area contributed by atoms with Crippen LogP contribution in [0.3, 0.4) is 0 Å². The fourth-order valence-corrected chi connectivity index (χ4v) is 2.98. The number of rotatable bonds is 4. The van der Waals surface area contributed by atoms with E-state index in [9.17, 15) is 0 Å². The Kier molecular flexibility index (Phi) is 4.55. The van der Waals surface area contributed by atoms with Gasteiger partial charge in [-0.3, -0.25) is 9.58 Å². The van der Waals surface area contributed by atoms with Gasteiger partial charge in [0, 0.05) is 43.5 Å². The van der Waals surface area contributed by atoms with E-state index in [-0.39, 0.29) is 5.54 Å². The predicted octanol–water partition coefficient (Wildman–Crippen LogP) is 2.67. The van der Waals surface area contributed by atoms with E-state index in [1.54, 1.807) is 0 Å². The predicted molar refractivity (Wildman–Crippen MR) is 83.7 cm³/mol. The van der Waals surface area contributed by atoms with Crippen molar-refractivity contribution in [3.8, 4) is 0 Å². The normalized spacial score (nSPS) is 23.7. The summed E-state index contributed by atoms with van der Waals surface area (Å²) in [7, 11) is 0. The molecule has 2 rings (SSSR count). The van der Waals surface area contributed by atoms with Crippen molar-refractivity contribution < 1.29 is 0 Å². The van der Waals surface area contributed by atoms with Gasteiger partial charge in [0.05, 0.1) is 5.69 Å². The van der Waals surface area contributed by atoms with Gasteiger partial charge < -0.3 is 5.32 Å². The van der Waals surface area contributed by atoms with Gasteiger partial charge in [-0.15, -0.1) is 0 Å². The monoisotopic (exact) mass is 278 g/mol. The molecular formula is C16H30N4. The first-order valence-corrected chi connectivity index (χ1v) is 7.81. The molecule has 1 aliphatic heterocycles. The van der Waals surface area contributed by atoms with Crippen molar-refractivity contribution in [2.75, 3.05) is 13.1 Å². The quantitative estimate of drug-likeness (QED) is 0.919. The van der Waals surface area contributed by atoms with Gasteiger partial charge >= 0.3 is 0 Å². The highest BCUT2D eigenvalue weighted by Crippen LogP contribution is 2.22. The first-order valence-electron chi connectivity index (χ1n) is 7.81. The van der Waals surface area contributed by atoms with Crippen LogP contribution in [0.25, 0.3) is 0 Å². The zero-order valence-corrected chi connectivity index (χ0v) is 13.8. The molecule has 1 aromatic rings. The Balaban J connectivity index is 2.10. The molecule has 1 aliphatic rings. The minimum Gasteiger partial charge on any atom is -0.309 e. The molecule has 1 fully saturated rings. The Hall–Kier alpha value is -0.870. The summed E-state index contributed by atoms with van der Waals surface area (Å²) in [5.74, 6) is 0.658. The van der Waals surface area contributed by atoms with Crippen LogP contribution in [0, 0.1) is 5.92 Å². The number of hydrogen-bond acceptors (Lipinski definition) is 3. The Morgan fingerprint density at radius 3 is 2.60 bits per heavy atom. The molecule has 2 heterocycles. The van der Waals surface area contributed by atoms with Crippen LogP contribution in [0.2, 0.25) is 0 Å². The van der Waals surface area contributed by atoms with Gasteiger partial charge in [0.1, 0.15) is 0 Å². The molecule has 1 atom stereocenters. The number of hydrogen-bond donors (Lipinski definition) is 1. The van der Waals surface area contributed by atoms with E-state index in [2.05, 4.69) is 64.0 Å². The summed E-state index contributed by atoms with van der Waals surface area (Å²) in [6.07, 6.45) is 2.09. The van der Waals surface area contributed by atoms with Crippen LogP contribution in [0.5, 0.6) is 0 Å². The van der Waals surface area contributed by atoms with Crippen LogP contribution in [0.15, 0.2) is 12.3 Å². The van der Waals surface area contributed by atoms with E-state index in [1.165, 1.54) is 5.69 Å². The summed E-state index contributed by atoms with van der Waals surface area (Å²) in [6.45, 7) is 16.6. The molecule has 114 valence electrons. The van der Waals surface area contributed by atoms with Crippen molar-refractivity contribution >= 4 is 0 Å². The van der Waals surface area contributed by atoms with Gasteiger partial charge in [-0.25, -0.2) is 0 Å². The Bertz CT molecular complexity index is 433. The summed E-state index contributed by atoms with van der Waals surface area (Å²) in [5.41, 5.74) is 1.37. The third-order valence-electron chi connectivity index (χ3n) is 4.18. The topological polar surface area (TPSA) is 33.1 Å². The molecule has 1 unspecified atom stereocenters. The molecule has 0 aliphatic carbocycles. The average Bonchev–Trinajstić information content (AvgIpc) is 2.76. The van der Waals surface area contributed by atoms with Crippen molar-refractivity contribution in [3.63, 3.8) is 0 Å². The lowest BCUT2D eigenvalue weighted by Gasteiger charge is -2.46. The maximum atomic E-state index is 4.70. The first kappa shape index (κ1) is 15.5. The lowest BCUT2D eigenvalue weighted by Crippen LogP contribution is -2.62. The van der Waals surface area contributed by atoms with E-state index >= 15 is 0 Å². The molecule has 4 heteroatoms. The Labute approximate surface area is 123 Å². The van der Waals surface area contributed by atoms with Crippen molar-refractivity contribution in [1.82, 2.24) is 20.0 Å². The molecule has 1 N–H and O–H groups in total. The highest BCUT2D eigenvalue weighted by Gasteiger charge is 2.34. The summed E-state index contributed by atoms with van der Waals surface area (Å²) in [5, 5.41) is 8.36. The van der Waals surface area contributed by atoms with Crippen LogP contribution in [0.1, 0.15) is 53.3 Å². The maximum Gasteiger partial charge on any atom is 0.0765 e. The van der Waals surface area contributed by atoms with E-state index in [0.717, 1.165) is 19.6 Å². The number of aromatic nitrogens is 2. The largest absolute Gasteiger partial charge is 0.309 e. The molecule has 0 spiro atoms. The van der Waals surface area contributed by atoms with Gasteiger partial charge in [-0.05, 0) is 39.7 Å². The molecule has 0 bridgehead atoms. The molecule has 1 aromatic heterocycles. The van der Waals surface area contributed by atoms with E-state index in [4.69, 9.17) is 5.10 Å². The minimum absolute atomic E-state index is 0.187. The fraction of sp³-hybridized carbons (Fsp3) is 0.812. The van der Waals surface area contributed by atoms with Gasteiger partial charge in [0.15, 0.2) is 0 Å². The highest BCUT2D eigenvalue weighted by molar-refractivity contribution is 5.02. The molecule has 0 amide bonds. The van der Waals surface area contributed by atoms with Crippen LogP contribution < -0.4 is 5.32 Å². The van der Waals surface area contributed by atoms with Crippen LogP contribution in [0.4, 0.5) is 0 Å². The first-order chi connectivity index (χ1) is 9.28. The van der Waals surface area contributed by atoms with Crippen molar-refractivity contribution in [2.45, 2.75) is 65.7 Å². The Morgan fingerprint density at radius 2 is 2.05 bits per heavy atom. The molecule has 1 saturated heterocycles. The summed E-state index contributed by atoms with van der Waals surface area (Å²) < 4.78 is 2.05. The molecule has 4 nitrogen and oxygen atoms in total. The molecule has 20 heavy (non-hydrogen) atoms. The fourth-order valence-electron chi connectivity index (χ4n) is 2.98. The van der Waals surface area contributed by atoms with Crippen LogP contribution in [-0.4, -0.2) is 39.4 Å². The molecule has 0 aromatic carbocycles. The second kappa shape index (κ2) is 5.86. The van der Waals surface area contributed by atoms with Gasteiger partial charge in [0.2, 0.25) is 0 Å². The van der Waals surface area contributed by atoms with Crippen LogP contribution >= 0.6 is 0 Å². The highest BCUT2D eigenvalue weighted by atomic mass is 15.3. The lowest BCUT2D eigenvalue weighted by atomic mass is 9.93. The summed E-state index contributed by atoms with van der Waals surface area (Å²) in [4.78, 5) is 2.59. The van der Waals surface area contributed by atoms with E-state index < -0.39 is 0 Å². The number of nitrogens with one attached hydrogen (secondary N) is 1. The maximum absolute atomic E-state index is 4.70. The van der Waals surface area contributed by atoms with E-state index in [0.29, 0.717) is 18.0 Å². The summed E-state index contributed by atoms with van der Waals surface area (Å²) in [6, 6.07) is 3.18. The van der Waals surface area contributed by atoms with Crippen molar-refractivity contribution in [1.29, 1.82) is 0 Å². The van der Waals surface area contributed by atoms with Crippen LogP contribution in [-0.2, 0) is 6.54 Å². The van der Waals surface area contributed by atoms with Crippen molar-refractivity contribution in [3.05, 3.63) is 18.0 Å². The number of nitrogens with zero attached hydrogens (tertiary/aromatic N) is 3. The zero-order valence-electron chi connectivity index (χ0n) is 13.8. The minimum atomic E-state index is 0.187. The van der Waals surface area contributed by atoms with Gasteiger partial charge in [0.25, 0.3) is 0 Å². The zero-order chi connectivity index (χ0) is 14.9. The molecule has 0 radical (unpaired) electrons. The smallest absolute Gasteiger partial charge is 0.0765 e. The standard InChI is InChI=1S/C16H30N4/c1-12(2)15-9-17-16(5,6)11-19(15)10-14-7-8-20(18-14)13(3)4/h7-8,12-13,15,17H,9-11H2,1-6H3. The second-order valence-electron chi connectivity index (χ2n) is 7.36. The third kappa shape index (κ3) is 3.61. The second-order valence-corrected chi connectivity index (χ2v) is 7.36. The molecular weight excluding hydrogens is 248 g/mol. The summed E-state index contributed by atoms with van der Waals surface area (Å²) >= 11 is 0. The van der Waals surface area contributed by atoms with Crippen molar-refractivity contribution in [2.24, 2.45) is 5.92 Å². The van der Waals surface area contributed by atoms with E-state index in [1.807, 2.05) is 4.68 Å².